The molecule has 0 unspecified atom stereocenters. The van der Waals surface area contributed by atoms with Crippen molar-refractivity contribution in [2.75, 3.05) is 7.11 Å². The quantitative estimate of drug-likeness (QED) is 0.439. The Kier molecular flexibility index (Phi) is 5.87. The summed E-state index contributed by atoms with van der Waals surface area (Å²) >= 11 is 11.9. The van der Waals surface area contributed by atoms with Gasteiger partial charge in [0.05, 0.1) is 7.11 Å². The van der Waals surface area contributed by atoms with Crippen LogP contribution in [0.25, 0.3) is 6.08 Å². The standard InChI is InChI=1S/C19H14Cl2O2/c1-13-3-5-14(6-4-13)7-8-16(19(22)23-2)9-15-10-17(20)12-18(21)11-15/h3-6,9-12H,1-2H3/b16-9+. The first kappa shape index (κ1) is 17.1. The summed E-state index contributed by atoms with van der Waals surface area (Å²) < 4.78 is 4.78. The first-order chi connectivity index (χ1) is 11.0. The molecule has 116 valence electrons. The number of halogens is 2. The maximum atomic E-state index is 11.9. The molecule has 0 atom stereocenters. The molecule has 0 heterocycles. The Morgan fingerprint density at radius 2 is 1.70 bits per heavy atom. The van der Waals surface area contributed by atoms with Crippen LogP contribution in [0.4, 0.5) is 0 Å². The number of hydrogen-bond donors (Lipinski definition) is 0. The fourth-order valence-corrected chi connectivity index (χ4v) is 2.40. The smallest absolute Gasteiger partial charge is 0.346 e. The van der Waals surface area contributed by atoms with Gasteiger partial charge in [-0.05, 0) is 48.9 Å². The highest BCUT2D eigenvalue weighted by Crippen LogP contribution is 2.21. The van der Waals surface area contributed by atoms with Gasteiger partial charge in [-0.15, -0.1) is 0 Å². The third-order valence-corrected chi connectivity index (χ3v) is 3.43. The van der Waals surface area contributed by atoms with Crippen LogP contribution >= 0.6 is 23.2 Å². The lowest BCUT2D eigenvalue weighted by molar-refractivity contribution is -0.135. The largest absolute Gasteiger partial charge is 0.465 e. The Morgan fingerprint density at radius 3 is 2.26 bits per heavy atom. The van der Waals surface area contributed by atoms with Crippen molar-refractivity contribution in [1.82, 2.24) is 0 Å². The molecule has 0 aliphatic rings. The van der Waals surface area contributed by atoms with Crippen LogP contribution in [-0.2, 0) is 9.53 Å². The van der Waals surface area contributed by atoms with Gasteiger partial charge in [-0.25, -0.2) is 4.79 Å². The van der Waals surface area contributed by atoms with Gasteiger partial charge in [0, 0.05) is 15.6 Å². The van der Waals surface area contributed by atoms with E-state index in [0.29, 0.717) is 15.6 Å². The number of rotatable bonds is 2. The summed E-state index contributed by atoms with van der Waals surface area (Å²) in [5.41, 5.74) is 2.87. The number of carbonyl (C=O) groups is 1. The molecule has 0 amide bonds. The van der Waals surface area contributed by atoms with Crippen molar-refractivity contribution in [1.29, 1.82) is 0 Å². The van der Waals surface area contributed by atoms with Crippen LogP contribution in [0.15, 0.2) is 48.0 Å². The van der Waals surface area contributed by atoms with Gasteiger partial charge >= 0.3 is 5.97 Å². The summed E-state index contributed by atoms with van der Waals surface area (Å²) in [5.74, 6) is 5.28. The predicted molar refractivity (Wildman–Crippen MR) is 94.5 cm³/mol. The van der Waals surface area contributed by atoms with Gasteiger partial charge in [0.2, 0.25) is 0 Å². The first-order valence-electron chi connectivity index (χ1n) is 6.83. The molecule has 0 aliphatic heterocycles. The molecule has 0 aromatic heterocycles. The molecule has 0 aliphatic carbocycles. The fraction of sp³-hybridized carbons (Fsp3) is 0.105. The van der Waals surface area contributed by atoms with Gasteiger partial charge in [0.15, 0.2) is 0 Å². The molecule has 2 aromatic rings. The summed E-state index contributed by atoms with van der Waals surface area (Å²) in [4.78, 5) is 11.9. The maximum Gasteiger partial charge on any atom is 0.346 e. The molecule has 0 N–H and O–H groups in total. The van der Waals surface area contributed by atoms with Crippen molar-refractivity contribution >= 4 is 35.2 Å². The van der Waals surface area contributed by atoms with Crippen molar-refractivity contribution < 1.29 is 9.53 Å². The van der Waals surface area contributed by atoms with Gasteiger partial charge in [0.25, 0.3) is 0 Å². The van der Waals surface area contributed by atoms with Crippen molar-refractivity contribution in [3.8, 4) is 11.8 Å². The molecule has 23 heavy (non-hydrogen) atoms. The molecule has 0 radical (unpaired) electrons. The number of methoxy groups -OCH3 is 1. The summed E-state index contributed by atoms with van der Waals surface area (Å²) in [7, 11) is 1.31. The van der Waals surface area contributed by atoms with E-state index in [1.54, 1.807) is 24.3 Å². The monoisotopic (exact) mass is 344 g/mol. The van der Waals surface area contributed by atoms with Gasteiger partial charge < -0.3 is 4.74 Å². The second kappa shape index (κ2) is 7.87. The molecule has 0 bridgehead atoms. The molecule has 0 saturated carbocycles. The summed E-state index contributed by atoms with van der Waals surface area (Å²) in [6, 6.07) is 12.7. The second-order valence-corrected chi connectivity index (χ2v) is 5.74. The average Bonchev–Trinajstić information content (AvgIpc) is 2.51. The van der Waals surface area contributed by atoms with Crippen LogP contribution in [0.5, 0.6) is 0 Å². The molecular weight excluding hydrogens is 331 g/mol. The van der Waals surface area contributed by atoms with Crippen LogP contribution < -0.4 is 0 Å². The van der Waals surface area contributed by atoms with E-state index in [9.17, 15) is 4.79 Å². The third-order valence-electron chi connectivity index (χ3n) is 2.99. The van der Waals surface area contributed by atoms with E-state index < -0.39 is 5.97 Å². The lowest BCUT2D eigenvalue weighted by atomic mass is 10.1. The first-order valence-corrected chi connectivity index (χ1v) is 7.58. The molecule has 4 heteroatoms. The molecule has 0 fully saturated rings. The molecular formula is C19H14Cl2O2. The van der Waals surface area contributed by atoms with Crippen molar-refractivity contribution in [2.45, 2.75) is 6.92 Å². The highest BCUT2D eigenvalue weighted by Gasteiger charge is 2.07. The predicted octanol–water partition coefficient (Wildman–Crippen LogP) is 4.91. The average molecular weight is 345 g/mol. The summed E-state index contributed by atoms with van der Waals surface area (Å²) in [6.07, 6.45) is 1.60. The van der Waals surface area contributed by atoms with E-state index in [1.807, 2.05) is 31.2 Å². The van der Waals surface area contributed by atoms with Crippen LogP contribution in [0.3, 0.4) is 0 Å². The molecule has 2 aromatic carbocycles. The number of carbonyl (C=O) groups excluding carboxylic acids is 1. The number of esters is 1. The lowest BCUT2D eigenvalue weighted by Crippen LogP contribution is -2.03. The van der Waals surface area contributed by atoms with Crippen molar-refractivity contribution in [3.63, 3.8) is 0 Å². The van der Waals surface area contributed by atoms with E-state index >= 15 is 0 Å². The van der Waals surface area contributed by atoms with Gasteiger partial charge in [-0.2, -0.15) is 0 Å². The zero-order valence-electron chi connectivity index (χ0n) is 12.7. The molecule has 2 nitrogen and oxygen atoms in total. The van der Waals surface area contributed by atoms with Gasteiger partial charge in [0.1, 0.15) is 5.57 Å². The maximum absolute atomic E-state index is 11.9. The Morgan fingerprint density at radius 1 is 1.09 bits per heavy atom. The SMILES string of the molecule is COC(=O)/C(C#Cc1ccc(C)cc1)=C/c1cc(Cl)cc(Cl)c1. The van der Waals surface area contributed by atoms with E-state index in [2.05, 4.69) is 11.8 Å². The molecule has 0 spiro atoms. The minimum absolute atomic E-state index is 0.228. The zero-order chi connectivity index (χ0) is 16.8. The lowest BCUT2D eigenvalue weighted by Gasteiger charge is -2.01. The van der Waals surface area contributed by atoms with Gasteiger partial charge in [-0.3, -0.25) is 0 Å². The van der Waals surface area contributed by atoms with Gasteiger partial charge in [-0.1, -0.05) is 52.7 Å². The number of ether oxygens (including phenoxy) is 1. The van der Waals surface area contributed by atoms with E-state index in [4.69, 9.17) is 27.9 Å². The van der Waals surface area contributed by atoms with Crippen molar-refractivity contribution in [2.24, 2.45) is 0 Å². The minimum Gasteiger partial charge on any atom is -0.465 e. The number of benzene rings is 2. The van der Waals surface area contributed by atoms with Crippen LogP contribution in [0.1, 0.15) is 16.7 Å². The van der Waals surface area contributed by atoms with E-state index in [-0.39, 0.29) is 5.57 Å². The van der Waals surface area contributed by atoms with E-state index in [1.165, 1.54) is 7.11 Å². The third kappa shape index (κ3) is 5.17. The summed E-state index contributed by atoms with van der Waals surface area (Å²) in [6.45, 7) is 2.00. The van der Waals surface area contributed by atoms with Crippen LogP contribution in [0.2, 0.25) is 10.0 Å². The normalized spacial score (nSPS) is 10.7. The second-order valence-electron chi connectivity index (χ2n) is 4.87. The number of hydrogen-bond acceptors (Lipinski definition) is 2. The number of aryl methyl sites for hydroxylation is 1. The summed E-state index contributed by atoms with van der Waals surface area (Å²) in [5, 5.41) is 0.971. The molecule has 0 saturated heterocycles. The Labute approximate surface area is 145 Å². The molecule has 2 rings (SSSR count). The van der Waals surface area contributed by atoms with Crippen LogP contribution in [-0.4, -0.2) is 13.1 Å². The highest BCUT2D eigenvalue weighted by atomic mass is 35.5. The zero-order valence-corrected chi connectivity index (χ0v) is 14.2. The fourth-order valence-electron chi connectivity index (χ4n) is 1.86. The highest BCUT2D eigenvalue weighted by molar-refractivity contribution is 6.34. The van der Waals surface area contributed by atoms with E-state index in [0.717, 1.165) is 11.1 Å². The Hall–Kier alpha value is -2.21. The minimum atomic E-state index is -0.513. The topological polar surface area (TPSA) is 26.3 Å². The Bertz CT molecular complexity index is 789. The Balaban J connectivity index is 2.40. The van der Waals surface area contributed by atoms with Crippen LogP contribution in [0, 0.1) is 18.8 Å². The van der Waals surface area contributed by atoms with Crippen molar-refractivity contribution in [3.05, 3.63) is 74.8 Å².